The van der Waals surface area contributed by atoms with E-state index < -0.39 is 47.5 Å². The summed E-state index contributed by atoms with van der Waals surface area (Å²) in [6, 6.07) is 7.02. The van der Waals surface area contributed by atoms with Crippen LogP contribution in [0.15, 0.2) is 36.4 Å². The van der Waals surface area contributed by atoms with E-state index in [1.807, 2.05) is 0 Å². The molecule has 0 spiro atoms. The fourth-order valence-electron chi connectivity index (χ4n) is 1.76. The Morgan fingerprint density at radius 2 is 1.28 bits per heavy atom. The normalized spacial score (nSPS) is 13.0. The van der Waals surface area contributed by atoms with Gasteiger partial charge in [0.15, 0.2) is 0 Å². The zero-order valence-electron chi connectivity index (χ0n) is 12.9. The van der Waals surface area contributed by atoms with Gasteiger partial charge in [-0.2, -0.15) is 0 Å². The molecule has 0 fully saturated rings. The van der Waals surface area contributed by atoms with Gasteiger partial charge in [0.1, 0.15) is 0 Å². The van der Waals surface area contributed by atoms with E-state index in [0.29, 0.717) is 11.1 Å². The van der Waals surface area contributed by atoms with Crippen LogP contribution in [-0.2, 0) is 12.6 Å². The molecule has 10 heteroatoms. The zero-order valence-corrected chi connectivity index (χ0v) is 15.8. The van der Waals surface area contributed by atoms with Crippen molar-refractivity contribution in [1.29, 1.82) is 0 Å². The first-order chi connectivity index (χ1) is 11.4. The number of benzene rings is 2. The molecule has 2 aromatic rings. The summed E-state index contributed by atoms with van der Waals surface area (Å²) < 4.78 is 93.0. The van der Waals surface area contributed by atoms with Gasteiger partial charge < -0.3 is 0 Å². The third kappa shape index (κ3) is 4.47. The molecule has 0 radical (unpaired) electrons. The fourth-order valence-corrected chi connectivity index (χ4v) is 8.80. The van der Waals surface area contributed by atoms with Crippen LogP contribution in [-0.4, -0.2) is 13.9 Å². The van der Waals surface area contributed by atoms with Crippen molar-refractivity contribution >= 4 is 30.4 Å². The number of halogens is 6. The molecule has 138 valence electrons. The summed E-state index contributed by atoms with van der Waals surface area (Å²) in [5, 5.41) is 0. The summed E-state index contributed by atoms with van der Waals surface area (Å²) in [4.78, 5) is 0. The van der Waals surface area contributed by atoms with Crippen LogP contribution in [0.1, 0.15) is 11.1 Å². The topological polar surface area (TPSA) is 43.4 Å². The minimum atomic E-state index is -6.02. The van der Waals surface area contributed by atoms with Crippen molar-refractivity contribution in [3.05, 3.63) is 66.3 Å². The van der Waals surface area contributed by atoms with Crippen molar-refractivity contribution in [1.82, 2.24) is 0 Å². The van der Waals surface area contributed by atoms with E-state index in [0.717, 1.165) is 12.1 Å². The molecule has 0 aliphatic carbocycles. The van der Waals surface area contributed by atoms with Crippen LogP contribution in [0, 0.1) is 32.6 Å². The maximum absolute atomic E-state index is 14.2. The quantitative estimate of drug-likeness (QED) is 0.345. The number of hydrogen-bond donors (Lipinski definition) is 0. The van der Waals surface area contributed by atoms with Crippen LogP contribution < -0.4 is 0 Å². The Hall–Kier alpha value is -1.27. The molecule has 2 aromatic carbocycles. The maximum atomic E-state index is 14.2. The van der Waals surface area contributed by atoms with E-state index >= 15 is 0 Å². The second-order valence-electron chi connectivity index (χ2n) is 5.05. The molecule has 0 saturated heterocycles. The summed E-state index contributed by atoms with van der Waals surface area (Å²) >= 11 is -4.09. The van der Waals surface area contributed by atoms with Crippen LogP contribution in [0.25, 0.3) is 0 Å². The van der Waals surface area contributed by atoms with Gasteiger partial charge in [-0.05, 0) is 0 Å². The summed E-state index contributed by atoms with van der Waals surface area (Å²) in [5.41, 5.74) is -4.75. The van der Waals surface area contributed by atoms with Crippen molar-refractivity contribution < 1.29 is 32.9 Å². The summed E-state index contributed by atoms with van der Waals surface area (Å²) in [5.74, 6) is -1.90. The van der Waals surface area contributed by atoms with Gasteiger partial charge in [0.25, 0.3) is 0 Å². The number of alkyl halides is 3. The van der Waals surface area contributed by atoms with Crippen molar-refractivity contribution in [2.45, 2.75) is 19.4 Å². The van der Waals surface area contributed by atoms with Crippen LogP contribution in [0.4, 0.5) is 22.0 Å². The summed E-state index contributed by atoms with van der Waals surface area (Å²) in [6.07, 6.45) is 0. The van der Waals surface area contributed by atoms with Gasteiger partial charge in [-0.25, -0.2) is 0 Å². The van der Waals surface area contributed by atoms with E-state index in [2.05, 4.69) is 2.51 Å². The average molecular weight is 494 g/mol. The molecule has 0 unspecified atom stereocenters. The zero-order chi connectivity index (χ0) is 19.0. The van der Waals surface area contributed by atoms with E-state index in [1.165, 1.54) is 24.3 Å². The predicted octanol–water partition coefficient (Wildman–Crippen LogP) is 4.91. The predicted molar refractivity (Wildman–Crippen MR) is 89.7 cm³/mol. The second-order valence-corrected chi connectivity index (χ2v) is 11.4. The Labute approximate surface area is 148 Å². The van der Waals surface area contributed by atoms with Gasteiger partial charge >= 0.3 is 149 Å². The number of aryl methyl sites for hydroxylation is 2. The van der Waals surface area contributed by atoms with Gasteiger partial charge in [-0.1, -0.05) is 0 Å². The molecule has 0 aliphatic heterocycles. The molecule has 0 saturated carbocycles. The Morgan fingerprint density at radius 3 is 1.64 bits per heavy atom. The molecule has 0 aliphatic rings. The third-order valence-electron chi connectivity index (χ3n) is 2.95. The Kier molecular flexibility index (Phi) is 5.74. The monoisotopic (exact) mass is 494 g/mol. The SMILES string of the molecule is Cc1ccc(F)c(I(OS(=O)(=O)C(F)(F)F)c2cc(C)ccc2F)c1. The van der Waals surface area contributed by atoms with Crippen molar-refractivity contribution in [3.8, 4) is 0 Å². The molecule has 0 bridgehead atoms. The molecule has 25 heavy (non-hydrogen) atoms. The van der Waals surface area contributed by atoms with Crippen LogP contribution >= 0.6 is 20.2 Å². The number of rotatable bonds is 4. The summed E-state index contributed by atoms with van der Waals surface area (Å²) in [7, 11) is -6.02. The van der Waals surface area contributed by atoms with Gasteiger partial charge in [0.2, 0.25) is 0 Å². The van der Waals surface area contributed by atoms with Crippen LogP contribution in [0.2, 0.25) is 0 Å². The average Bonchev–Trinajstić information content (AvgIpc) is 2.49. The molecule has 0 heterocycles. The van der Waals surface area contributed by atoms with Gasteiger partial charge in [-0.3, -0.25) is 0 Å². The number of hydrogen-bond acceptors (Lipinski definition) is 3. The van der Waals surface area contributed by atoms with Gasteiger partial charge in [0.05, 0.1) is 0 Å². The van der Waals surface area contributed by atoms with E-state index in [1.54, 1.807) is 13.8 Å². The Balaban J connectivity index is 2.68. The first kappa shape index (κ1) is 20.0. The van der Waals surface area contributed by atoms with Crippen molar-refractivity contribution in [3.63, 3.8) is 0 Å². The van der Waals surface area contributed by atoms with Gasteiger partial charge in [0, 0.05) is 0 Å². The molecule has 0 amide bonds. The van der Waals surface area contributed by atoms with Crippen molar-refractivity contribution in [2.75, 3.05) is 0 Å². The van der Waals surface area contributed by atoms with E-state index in [-0.39, 0.29) is 7.14 Å². The van der Waals surface area contributed by atoms with Crippen LogP contribution in [0.5, 0.6) is 0 Å². The molecule has 0 atom stereocenters. The van der Waals surface area contributed by atoms with Gasteiger partial charge in [-0.15, -0.1) is 0 Å². The Morgan fingerprint density at radius 1 is 0.880 bits per heavy atom. The molecular weight excluding hydrogens is 482 g/mol. The first-order valence-corrected chi connectivity index (χ1v) is 11.1. The van der Waals surface area contributed by atoms with Crippen molar-refractivity contribution in [2.24, 2.45) is 0 Å². The molecule has 0 aromatic heterocycles. The molecule has 3 nitrogen and oxygen atoms in total. The molecule has 2 rings (SSSR count). The fraction of sp³-hybridized carbons (Fsp3) is 0.200. The van der Waals surface area contributed by atoms with E-state index in [9.17, 15) is 30.4 Å². The minimum absolute atomic E-state index is 0.360. The standard InChI is InChI=1S/C15H12F5IO3S/c1-9-3-5-11(16)13(7-9)21(24-25(22,23)15(18,19)20)14-8-10(2)4-6-12(14)17/h3-8H,1-2H3. The molecular formula is C15H12F5IO3S. The van der Waals surface area contributed by atoms with Crippen LogP contribution in [0.3, 0.4) is 0 Å². The van der Waals surface area contributed by atoms with E-state index in [4.69, 9.17) is 0 Å². The Bertz CT molecular complexity index is 845. The summed E-state index contributed by atoms with van der Waals surface area (Å²) in [6.45, 7) is 3.09. The second kappa shape index (κ2) is 7.16. The first-order valence-electron chi connectivity index (χ1n) is 6.66. The third-order valence-corrected chi connectivity index (χ3v) is 10.1. The molecule has 0 N–H and O–H groups in total.